The number of carbonyl (C=O) groups is 2. The summed E-state index contributed by atoms with van der Waals surface area (Å²) in [6.45, 7) is 4.90. The zero-order chi connectivity index (χ0) is 23.4. The van der Waals surface area contributed by atoms with E-state index in [9.17, 15) is 9.59 Å². The lowest BCUT2D eigenvalue weighted by molar-refractivity contribution is -0.128. The first-order valence-corrected chi connectivity index (χ1v) is 11.1. The van der Waals surface area contributed by atoms with Gasteiger partial charge in [-0.1, -0.05) is 12.1 Å². The molecule has 1 fully saturated rings. The van der Waals surface area contributed by atoms with E-state index in [1.165, 1.54) is 13.3 Å². The van der Waals surface area contributed by atoms with Gasteiger partial charge in [0.05, 0.1) is 7.11 Å². The molecule has 1 aliphatic heterocycles. The Labute approximate surface area is 192 Å². The van der Waals surface area contributed by atoms with Crippen molar-refractivity contribution in [1.82, 2.24) is 30.2 Å². The molecule has 1 aromatic carbocycles. The van der Waals surface area contributed by atoms with E-state index < -0.39 is 6.04 Å². The van der Waals surface area contributed by atoms with E-state index in [4.69, 9.17) is 4.74 Å². The van der Waals surface area contributed by atoms with Crippen LogP contribution in [0.5, 0.6) is 5.75 Å². The molecule has 0 bridgehead atoms. The van der Waals surface area contributed by atoms with Crippen LogP contribution in [0, 0.1) is 6.92 Å². The number of nitrogens with one attached hydrogen (secondary N) is 2. The number of aryl methyl sites for hydroxylation is 1. The predicted octanol–water partition coefficient (Wildman–Crippen LogP) is 1.27. The summed E-state index contributed by atoms with van der Waals surface area (Å²) in [7, 11) is 1.60. The van der Waals surface area contributed by atoms with E-state index in [0.29, 0.717) is 12.2 Å². The number of hydrogen-bond donors (Lipinski definition) is 2. The van der Waals surface area contributed by atoms with Crippen LogP contribution in [0.4, 0.5) is 5.82 Å². The Balaban J connectivity index is 1.39. The lowest BCUT2D eigenvalue weighted by Gasteiger charge is -2.34. The number of benzene rings is 1. The van der Waals surface area contributed by atoms with Crippen molar-refractivity contribution >= 4 is 23.4 Å². The summed E-state index contributed by atoms with van der Waals surface area (Å²) >= 11 is 0. The molecule has 0 spiro atoms. The highest BCUT2D eigenvalue weighted by molar-refractivity contribution is 5.87. The van der Waals surface area contributed by atoms with Crippen molar-refractivity contribution in [3.05, 3.63) is 47.9 Å². The number of fused-ring (bicyclic) bond motifs is 1. The molecule has 10 heteroatoms. The van der Waals surface area contributed by atoms with E-state index in [2.05, 4.69) is 30.6 Å². The lowest BCUT2D eigenvalue weighted by atomic mass is 10.0. The summed E-state index contributed by atoms with van der Waals surface area (Å²) in [4.78, 5) is 35.6. The van der Waals surface area contributed by atoms with Crippen molar-refractivity contribution < 1.29 is 14.3 Å². The Kier molecular flexibility index (Phi) is 6.71. The van der Waals surface area contributed by atoms with Crippen molar-refractivity contribution in [3.8, 4) is 5.75 Å². The van der Waals surface area contributed by atoms with E-state index in [1.807, 2.05) is 37.3 Å². The second kappa shape index (κ2) is 9.85. The van der Waals surface area contributed by atoms with Crippen LogP contribution in [0.2, 0.25) is 0 Å². The third-order valence-corrected chi connectivity index (χ3v) is 5.79. The number of hydrogen-bond acceptors (Lipinski definition) is 7. The Morgan fingerprint density at radius 3 is 2.76 bits per heavy atom. The maximum Gasteiger partial charge on any atom is 0.254 e. The largest absolute Gasteiger partial charge is 0.497 e. The van der Waals surface area contributed by atoms with Gasteiger partial charge in [-0.2, -0.15) is 14.6 Å². The topological polar surface area (TPSA) is 114 Å². The van der Waals surface area contributed by atoms with Crippen molar-refractivity contribution in [2.75, 3.05) is 25.1 Å². The molecule has 1 atom stereocenters. The summed E-state index contributed by atoms with van der Waals surface area (Å²) in [6.07, 6.45) is 3.47. The van der Waals surface area contributed by atoms with Crippen LogP contribution in [0.25, 0.3) is 5.78 Å². The molecule has 2 amide bonds. The molecule has 1 saturated heterocycles. The van der Waals surface area contributed by atoms with Crippen molar-refractivity contribution in [2.45, 2.75) is 45.2 Å². The first-order chi connectivity index (χ1) is 15.9. The van der Waals surface area contributed by atoms with Gasteiger partial charge in [-0.15, -0.1) is 0 Å². The first-order valence-electron chi connectivity index (χ1n) is 11.1. The number of ether oxygens (including phenoxy) is 1. The summed E-state index contributed by atoms with van der Waals surface area (Å²) < 4.78 is 7.01. The van der Waals surface area contributed by atoms with E-state index in [0.717, 1.165) is 48.8 Å². The van der Waals surface area contributed by atoms with Crippen LogP contribution >= 0.6 is 0 Å². The maximum atomic E-state index is 13.0. The van der Waals surface area contributed by atoms with Crippen LogP contribution in [-0.4, -0.2) is 63.7 Å². The molecule has 0 unspecified atom stereocenters. The molecule has 3 aromatic rings. The SMILES string of the molecule is COc1cccc(C[C@@H](NC(C)=O)C(=O)NC2CCN(c3cc(C)nc4ncnn34)CC2)c1. The number of rotatable bonds is 7. The fraction of sp³-hybridized carbons (Fsp3) is 0.435. The van der Waals surface area contributed by atoms with Gasteiger partial charge in [0.1, 0.15) is 23.9 Å². The molecule has 10 nitrogen and oxygen atoms in total. The number of amides is 2. The number of carbonyl (C=O) groups excluding carboxylic acids is 2. The van der Waals surface area contributed by atoms with Crippen LogP contribution in [0.3, 0.4) is 0 Å². The summed E-state index contributed by atoms with van der Waals surface area (Å²) in [5.41, 5.74) is 1.81. The third kappa shape index (κ3) is 5.39. The monoisotopic (exact) mass is 451 g/mol. The molecule has 2 aromatic heterocycles. The smallest absolute Gasteiger partial charge is 0.254 e. The zero-order valence-electron chi connectivity index (χ0n) is 19.1. The Hall–Kier alpha value is -3.69. The highest BCUT2D eigenvalue weighted by Gasteiger charge is 2.27. The predicted molar refractivity (Wildman–Crippen MR) is 123 cm³/mol. The molecule has 0 saturated carbocycles. The number of piperidine rings is 1. The fourth-order valence-corrected chi connectivity index (χ4v) is 4.18. The standard InChI is InChI=1S/C23H29N7O3/c1-15-11-21(30-23(26-15)24-14-25-30)29-9-7-18(8-10-29)28-22(32)20(27-16(2)31)13-17-5-4-6-19(12-17)33-3/h4-6,11-12,14,18,20H,7-10,13H2,1-3H3,(H,27,31)(H,28,32)/t20-/m1/s1. The summed E-state index contributed by atoms with van der Waals surface area (Å²) in [5.74, 6) is 1.84. The number of aromatic nitrogens is 4. The first kappa shape index (κ1) is 22.5. The van der Waals surface area contributed by atoms with Crippen LogP contribution < -0.4 is 20.3 Å². The van der Waals surface area contributed by atoms with E-state index in [1.54, 1.807) is 11.6 Å². The third-order valence-electron chi connectivity index (χ3n) is 5.79. The van der Waals surface area contributed by atoms with Gasteiger partial charge < -0.3 is 20.3 Å². The van der Waals surface area contributed by atoms with E-state index >= 15 is 0 Å². The highest BCUT2D eigenvalue weighted by Crippen LogP contribution is 2.21. The minimum atomic E-state index is -0.648. The second-order valence-electron chi connectivity index (χ2n) is 8.31. The van der Waals surface area contributed by atoms with E-state index in [-0.39, 0.29) is 17.9 Å². The molecule has 0 radical (unpaired) electrons. The van der Waals surface area contributed by atoms with Crippen LogP contribution in [0.1, 0.15) is 31.0 Å². The molecule has 2 N–H and O–H groups in total. The highest BCUT2D eigenvalue weighted by atomic mass is 16.5. The lowest BCUT2D eigenvalue weighted by Crippen LogP contribution is -2.52. The van der Waals surface area contributed by atoms with Gasteiger partial charge in [0.25, 0.3) is 5.78 Å². The minimum Gasteiger partial charge on any atom is -0.497 e. The normalized spacial score (nSPS) is 15.3. The van der Waals surface area contributed by atoms with Crippen molar-refractivity contribution in [1.29, 1.82) is 0 Å². The molecule has 174 valence electrons. The zero-order valence-corrected chi connectivity index (χ0v) is 19.1. The van der Waals surface area contributed by atoms with Crippen molar-refractivity contribution in [3.63, 3.8) is 0 Å². The Morgan fingerprint density at radius 1 is 1.24 bits per heavy atom. The molecule has 0 aliphatic carbocycles. The summed E-state index contributed by atoms with van der Waals surface area (Å²) in [5, 5.41) is 10.2. The molecular weight excluding hydrogens is 422 g/mol. The van der Waals surface area contributed by atoms with Gasteiger partial charge in [0.2, 0.25) is 11.8 Å². The number of anilines is 1. The average Bonchev–Trinajstić information content (AvgIpc) is 3.27. The van der Waals surface area contributed by atoms with Gasteiger partial charge in [0.15, 0.2) is 0 Å². The van der Waals surface area contributed by atoms with Gasteiger partial charge in [-0.05, 0) is 37.5 Å². The van der Waals surface area contributed by atoms with Gasteiger partial charge in [-0.3, -0.25) is 9.59 Å². The Morgan fingerprint density at radius 2 is 2.03 bits per heavy atom. The second-order valence-corrected chi connectivity index (χ2v) is 8.31. The maximum absolute atomic E-state index is 13.0. The molecule has 4 rings (SSSR count). The molecule has 3 heterocycles. The van der Waals surface area contributed by atoms with Crippen molar-refractivity contribution in [2.24, 2.45) is 0 Å². The minimum absolute atomic E-state index is 0.0319. The molecular formula is C23H29N7O3. The molecule has 1 aliphatic rings. The quantitative estimate of drug-likeness (QED) is 0.556. The van der Waals surface area contributed by atoms with Gasteiger partial charge >= 0.3 is 0 Å². The van der Waals surface area contributed by atoms with Crippen LogP contribution in [0.15, 0.2) is 36.7 Å². The van der Waals surface area contributed by atoms with Gasteiger partial charge in [0, 0.05) is 44.2 Å². The van der Waals surface area contributed by atoms with Gasteiger partial charge in [-0.25, -0.2) is 4.98 Å². The number of nitrogens with zero attached hydrogens (tertiary/aromatic N) is 5. The fourth-order valence-electron chi connectivity index (χ4n) is 4.18. The Bertz CT molecular complexity index is 1140. The molecule has 33 heavy (non-hydrogen) atoms. The number of methoxy groups -OCH3 is 1. The average molecular weight is 452 g/mol. The summed E-state index contributed by atoms with van der Waals surface area (Å²) in [6, 6.07) is 8.91. The van der Waals surface area contributed by atoms with Crippen LogP contribution in [-0.2, 0) is 16.0 Å².